The molecule has 2 heterocycles. The molecule has 0 aromatic carbocycles. The van der Waals surface area contributed by atoms with E-state index in [2.05, 4.69) is 10.4 Å². The molecule has 3 rings (SSSR count). The number of rotatable bonds is 3. The zero-order valence-corrected chi connectivity index (χ0v) is 11.2. The van der Waals surface area contributed by atoms with Crippen LogP contribution < -0.4 is 5.32 Å². The van der Waals surface area contributed by atoms with E-state index in [4.69, 9.17) is 0 Å². The average molecular weight is 262 g/mol. The molecule has 1 saturated carbocycles. The molecule has 2 unspecified atom stereocenters. The molecule has 2 aliphatic rings. The number of aryl methyl sites for hydroxylation is 1. The van der Waals surface area contributed by atoms with Gasteiger partial charge in [-0.25, -0.2) is 0 Å². The molecule has 6 heteroatoms. The number of piperazine rings is 1. The lowest BCUT2D eigenvalue weighted by Crippen LogP contribution is -2.62. The molecule has 2 amide bonds. The number of aromatic nitrogens is 2. The Hall–Kier alpha value is -1.85. The van der Waals surface area contributed by atoms with Crippen molar-refractivity contribution in [3.63, 3.8) is 0 Å². The van der Waals surface area contributed by atoms with Gasteiger partial charge in [0.05, 0.1) is 6.20 Å². The first-order valence-electron chi connectivity index (χ1n) is 6.64. The first-order valence-corrected chi connectivity index (χ1v) is 6.64. The molecule has 0 bridgehead atoms. The van der Waals surface area contributed by atoms with Crippen LogP contribution in [0.5, 0.6) is 0 Å². The number of nitrogens with one attached hydrogen (secondary N) is 1. The fourth-order valence-electron chi connectivity index (χ4n) is 2.69. The molecule has 1 aromatic rings. The van der Waals surface area contributed by atoms with Gasteiger partial charge >= 0.3 is 0 Å². The quantitative estimate of drug-likeness (QED) is 0.836. The van der Waals surface area contributed by atoms with E-state index in [-0.39, 0.29) is 17.9 Å². The minimum absolute atomic E-state index is 0.000327. The molecule has 1 aliphatic carbocycles. The van der Waals surface area contributed by atoms with Crippen LogP contribution in [0, 0.1) is 5.92 Å². The summed E-state index contributed by atoms with van der Waals surface area (Å²) in [6.07, 6.45) is 5.69. The van der Waals surface area contributed by atoms with E-state index >= 15 is 0 Å². The third-order valence-corrected chi connectivity index (χ3v) is 3.80. The molecule has 2 fully saturated rings. The highest BCUT2D eigenvalue weighted by Crippen LogP contribution is 2.37. The van der Waals surface area contributed by atoms with Gasteiger partial charge in [0, 0.05) is 25.4 Å². The van der Waals surface area contributed by atoms with Crippen molar-refractivity contribution in [3.8, 4) is 0 Å². The summed E-state index contributed by atoms with van der Waals surface area (Å²) in [4.78, 5) is 26.1. The molecule has 0 radical (unpaired) electrons. The summed E-state index contributed by atoms with van der Waals surface area (Å²) in [7, 11) is 1.84. The normalized spacial score (nSPS) is 27.6. The van der Waals surface area contributed by atoms with Crippen LogP contribution in [-0.2, 0) is 23.2 Å². The molecule has 102 valence electrons. The molecule has 1 aromatic heterocycles. The molecular weight excluding hydrogens is 244 g/mol. The summed E-state index contributed by atoms with van der Waals surface area (Å²) in [6, 6.07) is -0.733. The third kappa shape index (κ3) is 2.22. The number of nitrogens with zero attached hydrogens (tertiary/aromatic N) is 3. The fraction of sp³-hybridized carbons (Fsp3) is 0.615. The summed E-state index contributed by atoms with van der Waals surface area (Å²) < 4.78 is 1.71. The smallest absolute Gasteiger partial charge is 0.245 e. The Morgan fingerprint density at radius 2 is 2.16 bits per heavy atom. The maximum atomic E-state index is 12.3. The van der Waals surface area contributed by atoms with E-state index in [1.165, 1.54) is 0 Å². The second-order valence-corrected chi connectivity index (χ2v) is 5.50. The van der Waals surface area contributed by atoms with Gasteiger partial charge < -0.3 is 10.2 Å². The zero-order valence-electron chi connectivity index (χ0n) is 11.2. The van der Waals surface area contributed by atoms with Gasteiger partial charge in [-0.05, 0) is 25.7 Å². The van der Waals surface area contributed by atoms with Gasteiger partial charge in [0.1, 0.15) is 12.1 Å². The summed E-state index contributed by atoms with van der Waals surface area (Å²) >= 11 is 0. The van der Waals surface area contributed by atoms with Crippen LogP contribution >= 0.6 is 0 Å². The number of carbonyl (C=O) groups is 2. The Labute approximate surface area is 111 Å². The lowest BCUT2D eigenvalue weighted by atomic mass is 10.0. The fourth-order valence-corrected chi connectivity index (χ4v) is 2.69. The lowest BCUT2D eigenvalue weighted by molar-refractivity contribution is -0.150. The maximum Gasteiger partial charge on any atom is 0.245 e. The molecular formula is C13H18N4O2. The first kappa shape index (κ1) is 12.2. The van der Waals surface area contributed by atoms with Crippen molar-refractivity contribution in [2.45, 2.75) is 38.4 Å². The molecule has 0 spiro atoms. The van der Waals surface area contributed by atoms with Gasteiger partial charge in [0.15, 0.2) is 0 Å². The van der Waals surface area contributed by atoms with Gasteiger partial charge in [-0.3, -0.25) is 14.3 Å². The van der Waals surface area contributed by atoms with E-state index in [1.807, 2.05) is 13.2 Å². The van der Waals surface area contributed by atoms with Gasteiger partial charge in [0.25, 0.3) is 0 Å². The second kappa shape index (κ2) is 4.36. The van der Waals surface area contributed by atoms with E-state index in [0.717, 1.165) is 18.4 Å². The number of hydrogen-bond acceptors (Lipinski definition) is 3. The van der Waals surface area contributed by atoms with Crippen LogP contribution in [-0.4, -0.2) is 38.6 Å². The summed E-state index contributed by atoms with van der Waals surface area (Å²) in [5, 5.41) is 6.88. The van der Waals surface area contributed by atoms with Gasteiger partial charge in [-0.15, -0.1) is 0 Å². The largest absolute Gasteiger partial charge is 0.343 e. The van der Waals surface area contributed by atoms with Crippen molar-refractivity contribution < 1.29 is 9.59 Å². The highest BCUT2D eigenvalue weighted by atomic mass is 16.2. The molecule has 1 aliphatic heterocycles. The van der Waals surface area contributed by atoms with E-state index in [0.29, 0.717) is 12.5 Å². The van der Waals surface area contributed by atoms with Crippen LogP contribution in [0.25, 0.3) is 0 Å². The Kier molecular flexibility index (Phi) is 2.80. The molecule has 6 nitrogen and oxygen atoms in total. The Morgan fingerprint density at radius 3 is 2.74 bits per heavy atom. The van der Waals surface area contributed by atoms with Gasteiger partial charge in [0.2, 0.25) is 11.8 Å². The highest BCUT2D eigenvalue weighted by molar-refractivity contribution is 5.97. The third-order valence-electron chi connectivity index (χ3n) is 3.80. The lowest BCUT2D eigenvalue weighted by Gasteiger charge is -2.38. The SMILES string of the molecule is CC1NC(=O)C(C2CC2)N(Cc2cnn(C)c2)C1=O. The van der Waals surface area contributed by atoms with Crippen molar-refractivity contribution >= 4 is 11.8 Å². The predicted molar refractivity (Wildman–Crippen MR) is 67.9 cm³/mol. The van der Waals surface area contributed by atoms with Crippen LogP contribution in [0.15, 0.2) is 12.4 Å². The molecule has 2 atom stereocenters. The second-order valence-electron chi connectivity index (χ2n) is 5.50. The van der Waals surface area contributed by atoms with Gasteiger partial charge in [-0.2, -0.15) is 5.10 Å². The van der Waals surface area contributed by atoms with Crippen molar-refractivity contribution in [2.75, 3.05) is 0 Å². The molecule has 1 N–H and O–H groups in total. The minimum Gasteiger partial charge on any atom is -0.343 e. The summed E-state index contributed by atoms with van der Waals surface area (Å²) in [5.41, 5.74) is 0.961. The minimum atomic E-state index is -0.431. The van der Waals surface area contributed by atoms with E-state index in [9.17, 15) is 9.59 Å². The monoisotopic (exact) mass is 262 g/mol. The van der Waals surface area contributed by atoms with Gasteiger partial charge in [-0.1, -0.05) is 0 Å². The van der Waals surface area contributed by atoms with Crippen molar-refractivity contribution in [1.29, 1.82) is 0 Å². The van der Waals surface area contributed by atoms with E-state index < -0.39 is 6.04 Å². The number of hydrogen-bond donors (Lipinski definition) is 1. The van der Waals surface area contributed by atoms with Crippen LogP contribution in [0.2, 0.25) is 0 Å². The first-order chi connectivity index (χ1) is 9.06. The van der Waals surface area contributed by atoms with Crippen LogP contribution in [0.4, 0.5) is 0 Å². The summed E-state index contributed by atoms with van der Waals surface area (Å²) in [5.74, 6) is 0.312. The molecule has 1 saturated heterocycles. The average Bonchev–Trinajstić information content (AvgIpc) is 3.09. The zero-order chi connectivity index (χ0) is 13.6. The van der Waals surface area contributed by atoms with Crippen molar-refractivity contribution in [2.24, 2.45) is 13.0 Å². The van der Waals surface area contributed by atoms with Crippen molar-refractivity contribution in [3.05, 3.63) is 18.0 Å². The Balaban J connectivity index is 1.84. The van der Waals surface area contributed by atoms with E-state index in [1.54, 1.807) is 22.7 Å². The highest BCUT2D eigenvalue weighted by Gasteiger charge is 2.46. The van der Waals surface area contributed by atoms with Crippen LogP contribution in [0.3, 0.4) is 0 Å². The van der Waals surface area contributed by atoms with Crippen LogP contribution in [0.1, 0.15) is 25.3 Å². The standard InChI is InChI=1S/C13H18N4O2/c1-8-13(19)17(7-9-5-14-16(2)6-9)11(10-3-4-10)12(18)15-8/h5-6,8,10-11H,3-4,7H2,1-2H3,(H,15,18). The number of amides is 2. The molecule has 19 heavy (non-hydrogen) atoms. The Morgan fingerprint density at radius 1 is 1.42 bits per heavy atom. The predicted octanol–water partition coefficient (Wildman–Crippen LogP) is 0.0456. The van der Waals surface area contributed by atoms with Crippen molar-refractivity contribution in [1.82, 2.24) is 20.0 Å². The summed E-state index contributed by atoms with van der Waals surface area (Å²) in [6.45, 7) is 2.20. The topological polar surface area (TPSA) is 67.2 Å². The maximum absolute atomic E-state index is 12.3. The number of carbonyl (C=O) groups excluding carboxylic acids is 2. The Bertz CT molecular complexity index is 520.